The number of halogens is 1. The van der Waals surface area contributed by atoms with Gasteiger partial charge in [0.2, 0.25) is 0 Å². The highest BCUT2D eigenvalue weighted by molar-refractivity contribution is 9.10. The lowest BCUT2D eigenvalue weighted by atomic mass is 10.2. The number of rotatable bonds is 1. The molecule has 0 fully saturated rings. The molecular formula is C11H7BrN4S. The number of hydrogen-bond acceptors (Lipinski definition) is 5. The van der Waals surface area contributed by atoms with Crippen LogP contribution in [0.15, 0.2) is 35.1 Å². The Bertz CT molecular complexity index is 642. The van der Waals surface area contributed by atoms with Crippen molar-refractivity contribution < 1.29 is 0 Å². The zero-order chi connectivity index (χ0) is 11.8. The highest BCUT2D eigenvalue weighted by Gasteiger charge is 2.08. The Labute approximate surface area is 110 Å². The van der Waals surface area contributed by atoms with Gasteiger partial charge in [-0.15, -0.1) is 0 Å². The standard InChI is InChI=1S/C11H7BrN4S/c12-7-3-6(4-8(13)5-7)10-16-9-11(17-10)15-2-1-14-9/h1-5H,13H2. The van der Waals surface area contributed by atoms with Gasteiger partial charge in [-0.2, -0.15) is 0 Å². The Morgan fingerprint density at radius 2 is 1.94 bits per heavy atom. The predicted molar refractivity (Wildman–Crippen MR) is 72.8 cm³/mol. The smallest absolute Gasteiger partial charge is 0.190 e. The molecular weight excluding hydrogens is 300 g/mol. The van der Waals surface area contributed by atoms with E-state index in [9.17, 15) is 0 Å². The van der Waals surface area contributed by atoms with E-state index in [1.54, 1.807) is 12.4 Å². The molecule has 0 bridgehead atoms. The van der Waals surface area contributed by atoms with Crippen LogP contribution in [0.4, 0.5) is 5.69 Å². The summed E-state index contributed by atoms with van der Waals surface area (Å²) in [5.74, 6) is 0. The largest absolute Gasteiger partial charge is 0.399 e. The summed E-state index contributed by atoms with van der Waals surface area (Å²) in [7, 11) is 0. The number of benzene rings is 1. The molecule has 17 heavy (non-hydrogen) atoms. The summed E-state index contributed by atoms with van der Waals surface area (Å²) in [5.41, 5.74) is 8.16. The SMILES string of the molecule is Nc1cc(Br)cc(-c2nc3nccnc3s2)c1. The lowest BCUT2D eigenvalue weighted by Gasteiger charge is -1.99. The average molecular weight is 307 g/mol. The molecule has 1 aromatic carbocycles. The number of thiazole rings is 1. The van der Waals surface area contributed by atoms with E-state index in [0.717, 1.165) is 19.9 Å². The van der Waals surface area contributed by atoms with Gasteiger partial charge >= 0.3 is 0 Å². The Morgan fingerprint density at radius 3 is 2.71 bits per heavy atom. The number of anilines is 1. The third kappa shape index (κ3) is 2.01. The highest BCUT2D eigenvalue weighted by atomic mass is 79.9. The van der Waals surface area contributed by atoms with Gasteiger partial charge in [-0.3, -0.25) is 0 Å². The number of fused-ring (bicyclic) bond motifs is 1. The molecule has 3 aromatic rings. The maximum atomic E-state index is 5.81. The molecule has 0 aliphatic carbocycles. The van der Waals surface area contributed by atoms with Crippen LogP contribution in [-0.2, 0) is 0 Å². The van der Waals surface area contributed by atoms with Gasteiger partial charge in [-0.05, 0) is 18.2 Å². The van der Waals surface area contributed by atoms with Crippen molar-refractivity contribution in [3.8, 4) is 10.6 Å². The topological polar surface area (TPSA) is 64.7 Å². The fourth-order valence-electron chi connectivity index (χ4n) is 1.54. The van der Waals surface area contributed by atoms with Crippen molar-refractivity contribution >= 4 is 43.4 Å². The van der Waals surface area contributed by atoms with Crippen molar-refractivity contribution in [1.82, 2.24) is 15.0 Å². The van der Waals surface area contributed by atoms with Crippen molar-refractivity contribution in [2.24, 2.45) is 0 Å². The molecule has 2 heterocycles. The molecule has 84 valence electrons. The van der Waals surface area contributed by atoms with Gasteiger partial charge in [0, 0.05) is 28.1 Å². The molecule has 2 aromatic heterocycles. The molecule has 2 N–H and O–H groups in total. The maximum absolute atomic E-state index is 5.81. The number of nitrogen functional groups attached to an aromatic ring is 1. The molecule has 0 saturated carbocycles. The molecule has 6 heteroatoms. The summed E-state index contributed by atoms with van der Waals surface area (Å²) >= 11 is 4.93. The normalized spacial score (nSPS) is 10.9. The van der Waals surface area contributed by atoms with E-state index in [0.29, 0.717) is 11.3 Å². The van der Waals surface area contributed by atoms with Gasteiger partial charge in [-0.25, -0.2) is 15.0 Å². The Kier molecular flexibility index (Phi) is 2.53. The molecule has 0 saturated heterocycles. The molecule has 0 unspecified atom stereocenters. The van der Waals surface area contributed by atoms with E-state index < -0.39 is 0 Å². The quantitative estimate of drug-likeness (QED) is 0.702. The summed E-state index contributed by atoms with van der Waals surface area (Å²) in [6.45, 7) is 0. The number of aromatic nitrogens is 3. The average Bonchev–Trinajstić information content (AvgIpc) is 2.71. The van der Waals surface area contributed by atoms with Crippen molar-refractivity contribution in [3.05, 3.63) is 35.1 Å². The van der Waals surface area contributed by atoms with E-state index >= 15 is 0 Å². The second-order valence-electron chi connectivity index (χ2n) is 3.48. The first kappa shape index (κ1) is 10.6. The number of hydrogen-bond donors (Lipinski definition) is 1. The minimum atomic E-state index is 0.672. The van der Waals surface area contributed by atoms with Gasteiger partial charge in [0.25, 0.3) is 0 Å². The van der Waals surface area contributed by atoms with Crippen LogP contribution in [0, 0.1) is 0 Å². The van der Waals surface area contributed by atoms with Crippen LogP contribution in [0.2, 0.25) is 0 Å². The summed E-state index contributed by atoms with van der Waals surface area (Å²) in [5, 5.41) is 0.874. The molecule has 4 nitrogen and oxygen atoms in total. The first-order chi connectivity index (χ1) is 8.22. The van der Waals surface area contributed by atoms with Crippen LogP contribution in [-0.4, -0.2) is 15.0 Å². The van der Waals surface area contributed by atoms with Crippen LogP contribution in [0.3, 0.4) is 0 Å². The van der Waals surface area contributed by atoms with Gasteiger partial charge in [0.15, 0.2) is 10.5 Å². The Morgan fingerprint density at radius 1 is 1.12 bits per heavy atom. The van der Waals surface area contributed by atoms with Crippen LogP contribution < -0.4 is 5.73 Å². The van der Waals surface area contributed by atoms with Crippen LogP contribution in [0.1, 0.15) is 0 Å². The van der Waals surface area contributed by atoms with E-state index in [1.165, 1.54) is 11.3 Å². The first-order valence-corrected chi connectivity index (χ1v) is 6.47. The summed E-state index contributed by atoms with van der Waals surface area (Å²) in [6, 6.07) is 5.73. The molecule has 3 rings (SSSR count). The van der Waals surface area contributed by atoms with E-state index in [4.69, 9.17) is 5.73 Å². The lowest BCUT2D eigenvalue weighted by Crippen LogP contribution is -1.86. The molecule has 0 amide bonds. The minimum absolute atomic E-state index is 0.672. The fourth-order valence-corrected chi connectivity index (χ4v) is 2.90. The minimum Gasteiger partial charge on any atom is -0.399 e. The van der Waals surface area contributed by atoms with Crippen molar-refractivity contribution in [1.29, 1.82) is 0 Å². The molecule has 0 spiro atoms. The van der Waals surface area contributed by atoms with Crippen LogP contribution in [0.25, 0.3) is 21.0 Å². The van der Waals surface area contributed by atoms with Crippen molar-refractivity contribution in [2.75, 3.05) is 5.73 Å². The van der Waals surface area contributed by atoms with Gasteiger partial charge < -0.3 is 5.73 Å². The predicted octanol–water partition coefficient (Wildman–Crippen LogP) is 3.10. The summed E-state index contributed by atoms with van der Waals surface area (Å²) < 4.78 is 0.938. The molecule has 0 atom stereocenters. The molecule has 0 aliphatic rings. The Balaban J connectivity index is 2.20. The van der Waals surface area contributed by atoms with Gasteiger partial charge in [0.1, 0.15) is 5.01 Å². The zero-order valence-corrected chi connectivity index (χ0v) is 11.0. The molecule has 0 aliphatic heterocycles. The zero-order valence-electron chi connectivity index (χ0n) is 8.59. The molecule has 0 radical (unpaired) electrons. The second kappa shape index (κ2) is 4.05. The first-order valence-electron chi connectivity index (χ1n) is 4.86. The number of nitrogens with zero attached hydrogens (tertiary/aromatic N) is 3. The van der Waals surface area contributed by atoms with Crippen molar-refractivity contribution in [3.63, 3.8) is 0 Å². The summed E-state index contributed by atoms with van der Waals surface area (Å²) in [4.78, 5) is 13.7. The Hall–Kier alpha value is -1.53. The van der Waals surface area contributed by atoms with E-state index in [2.05, 4.69) is 30.9 Å². The van der Waals surface area contributed by atoms with Crippen molar-refractivity contribution in [2.45, 2.75) is 0 Å². The lowest BCUT2D eigenvalue weighted by molar-refractivity contribution is 1.26. The highest BCUT2D eigenvalue weighted by Crippen LogP contribution is 2.31. The maximum Gasteiger partial charge on any atom is 0.190 e. The number of nitrogens with two attached hydrogens (primary N) is 1. The summed E-state index contributed by atoms with van der Waals surface area (Å²) in [6.07, 6.45) is 3.31. The van der Waals surface area contributed by atoms with E-state index in [-0.39, 0.29) is 0 Å². The van der Waals surface area contributed by atoms with Crippen LogP contribution >= 0.6 is 27.3 Å². The monoisotopic (exact) mass is 306 g/mol. The second-order valence-corrected chi connectivity index (χ2v) is 5.37. The third-order valence-corrected chi connectivity index (χ3v) is 3.67. The van der Waals surface area contributed by atoms with Gasteiger partial charge in [0.05, 0.1) is 0 Å². The third-order valence-electron chi connectivity index (χ3n) is 2.21. The van der Waals surface area contributed by atoms with E-state index in [1.807, 2.05) is 18.2 Å². The fraction of sp³-hybridized carbons (Fsp3) is 0. The van der Waals surface area contributed by atoms with Crippen LogP contribution in [0.5, 0.6) is 0 Å². The van der Waals surface area contributed by atoms with Gasteiger partial charge in [-0.1, -0.05) is 27.3 Å².